The molecule has 10 rings (SSSR count). The number of rotatable bonds is 0. The molecule has 0 radical (unpaired) electrons. The number of fused-ring (bicyclic) bond motifs is 13. The highest BCUT2D eigenvalue weighted by molar-refractivity contribution is 8.01. The maximum absolute atomic E-state index is 14.2. The number of hydrogen-bond acceptors (Lipinski definition) is 2. The molecule has 41 heavy (non-hydrogen) atoms. The molecule has 0 fully saturated rings. The summed E-state index contributed by atoms with van der Waals surface area (Å²) in [5, 5.41) is 0.0248. The highest BCUT2D eigenvalue weighted by atomic mass is 32.2. The van der Waals surface area contributed by atoms with Crippen molar-refractivity contribution in [1.29, 1.82) is 0 Å². The van der Waals surface area contributed by atoms with E-state index in [4.69, 9.17) is 0 Å². The van der Waals surface area contributed by atoms with Gasteiger partial charge in [0.05, 0.1) is 21.4 Å². The molecule has 3 aliphatic carbocycles. The van der Waals surface area contributed by atoms with Gasteiger partial charge in [0, 0.05) is 11.6 Å². The van der Waals surface area contributed by atoms with Crippen molar-refractivity contribution in [3.8, 4) is 22.3 Å². The van der Waals surface area contributed by atoms with Gasteiger partial charge in [-0.1, -0.05) is 103 Å². The van der Waals surface area contributed by atoms with Crippen LogP contribution in [-0.2, 0) is 5.41 Å². The summed E-state index contributed by atoms with van der Waals surface area (Å²) >= 11 is 1.87. The number of nitrogens with zero attached hydrogens (tertiary/aromatic N) is 1. The Bertz CT molecular complexity index is 2120. The highest BCUT2D eigenvalue weighted by Crippen LogP contribution is 2.65. The minimum absolute atomic E-state index is 0.0248. The van der Waals surface area contributed by atoms with E-state index in [9.17, 15) is 4.79 Å². The molecule has 3 heteroatoms. The Morgan fingerprint density at radius 1 is 0.585 bits per heavy atom. The third kappa shape index (κ3) is 2.49. The van der Waals surface area contributed by atoms with Gasteiger partial charge in [-0.2, -0.15) is 0 Å². The molecule has 5 aromatic carbocycles. The first-order chi connectivity index (χ1) is 20.3. The van der Waals surface area contributed by atoms with Gasteiger partial charge in [0.2, 0.25) is 11.4 Å². The molecule has 0 saturated carbocycles. The smallest absolute Gasteiger partial charge is 0.214 e. The lowest BCUT2D eigenvalue weighted by Gasteiger charge is -2.33. The minimum Gasteiger partial charge on any atom is -0.214 e. The lowest BCUT2D eigenvalue weighted by Crippen LogP contribution is -2.37. The van der Waals surface area contributed by atoms with Crippen LogP contribution in [0.25, 0.3) is 27.8 Å². The standard InChI is InChI=1S/C38H22NOS/c40-37-27-14-2-1-10-22(27)26-15-9-19-34-36(26)39(37)33-20-28-25-13-5-8-18-31(25)38(32(28)21-35(33)41-34)29-16-6-3-11-23(29)24-12-4-7-17-30(24)38/h1-21,35H/q+1. The number of hydrogen-bond donors (Lipinski definition) is 0. The van der Waals surface area contributed by atoms with E-state index in [2.05, 4.69) is 109 Å². The van der Waals surface area contributed by atoms with Crippen molar-refractivity contribution in [3.63, 3.8) is 0 Å². The topological polar surface area (TPSA) is 20.1 Å². The van der Waals surface area contributed by atoms with Crippen LogP contribution in [0.15, 0.2) is 138 Å². The maximum Gasteiger partial charge on any atom is 0.426 e. The molecule has 1 atom stereocenters. The average Bonchev–Trinajstić information content (AvgIpc) is 3.49. The zero-order valence-corrected chi connectivity index (χ0v) is 22.8. The molecule has 5 aliphatic rings. The summed E-state index contributed by atoms with van der Waals surface area (Å²) in [6.45, 7) is 0. The Morgan fingerprint density at radius 2 is 1.15 bits per heavy atom. The zero-order chi connectivity index (χ0) is 26.9. The number of amides is 1. The van der Waals surface area contributed by atoms with Gasteiger partial charge in [-0.3, -0.25) is 0 Å². The van der Waals surface area contributed by atoms with Crippen LogP contribution in [0.2, 0.25) is 0 Å². The number of allylic oxidation sites excluding steroid dienone is 3. The zero-order valence-electron chi connectivity index (χ0n) is 22.0. The van der Waals surface area contributed by atoms with E-state index in [0.29, 0.717) is 0 Å². The predicted octanol–water partition coefficient (Wildman–Crippen LogP) is 8.42. The van der Waals surface area contributed by atoms with Crippen LogP contribution in [0.3, 0.4) is 0 Å². The van der Waals surface area contributed by atoms with E-state index < -0.39 is 0 Å². The molecule has 0 aromatic heterocycles. The van der Waals surface area contributed by atoms with Gasteiger partial charge in [0.25, 0.3) is 0 Å². The third-order valence-electron chi connectivity index (χ3n) is 9.55. The van der Waals surface area contributed by atoms with Crippen LogP contribution in [0.1, 0.15) is 32.6 Å². The van der Waals surface area contributed by atoms with E-state index in [1.54, 1.807) is 0 Å². The number of para-hydroxylation sites is 1. The monoisotopic (exact) mass is 540 g/mol. The summed E-state index contributed by atoms with van der Waals surface area (Å²) < 4.78 is 2.01. The molecule has 0 saturated heterocycles. The summed E-state index contributed by atoms with van der Waals surface area (Å²) in [5.41, 5.74) is 15.1. The lowest BCUT2D eigenvalue weighted by molar-refractivity contribution is -0.339. The van der Waals surface area contributed by atoms with Crippen molar-refractivity contribution >= 4 is 34.6 Å². The van der Waals surface area contributed by atoms with Crippen molar-refractivity contribution in [2.45, 2.75) is 15.6 Å². The molecule has 5 aromatic rings. The molecule has 1 unspecified atom stereocenters. The second-order valence-electron chi connectivity index (χ2n) is 11.3. The summed E-state index contributed by atoms with van der Waals surface area (Å²) in [7, 11) is 0. The van der Waals surface area contributed by atoms with Gasteiger partial charge in [0.15, 0.2) is 0 Å². The summed E-state index contributed by atoms with van der Waals surface area (Å²) in [5.74, 6) is 0.0621. The van der Waals surface area contributed by atoms with E-state index in [1.807, 2.05) is 34.5 Å². The number of carbonyl (C=O) groups is 1. The van der Waals surface area contributed by atoms with Crippen LogP contribution in [-0.4, -0.2) is 21.4 Å². The van der Waals surface area contributed by atoms with Gasteiger partial charge in [0.1, 0.15) is 5.25 Å². The van der Waals surface area contributed by atoms with Crippen molar-refractivity contribution in [2.75, 3.05) is 0 Å². The molecular weight excluding hydrogens is 518 g/mol. The first-order valence-corrected chi connectivity index (χ1v) is 15.0. The first kappa shape index (κ1) is 22.0. The molecule has 2 aliphatic heterocycles. The molecule has 2 heterocycles. The van der Waals surface area contributed by atoms with Crippen molar-refractivity contribution in [2.24, 2.45) is 0 Å². The van der Waals surface area contributed by atoms with Gasteiger partial charge in [-0.25, -0.2) is 4.79 Å². The molecule has 1 amide bonds. The molecule has 190 valence electrons. The predicted molar refractivity (Wildman–Crippen MR) is 165 cm³/mol. The fraction of sp³-hybridized carbons (Fsp3) is 0.0526. The summed E-state index contributed by atoms with van der Waals surface area (Å²) in [4.78, 5) is 15.4. The van der Waals surface area contributed by atoms with Gasteiger partial charge in [-0.15, -0.1) is 16.3 Å². The van der Waals surface area contributed by atoms with Crippen LogP contribution < -0.4 is 0 Å². The van der Waals surface area contributed by atoms with Gasteiger partial charge >= 0.3 is 5.91 Å². The minimum atomic E-state index is -0.373. The maximum atomic E-state index is 14.2. The van der Waals surface area contributed by atoms with E-state index in [1.165, 1.54) is 44.5 Å². The molecular formula is C38H22NOS+. The Hall–Kier alpha value is -4.73. The van der Waals surface area contributed by atoms with Crippen molar-refractivity contribution in [1.82, 2.24) is 0 Å². The van der Waals surface area contributed by atoms with Crippen molar-refractivity contribution < 1.29 is 9.37 Å². The van der Waals surface area contributed by atoms with E-state index in [-0.39, 0.29) is 16.6 Å². The summed E-state index contributed by atoms with van der Waals surface area (Å²) in [6.07, 6.45) is 4.80. The Labute approximate surface area is 242 Å². The van der Waals surface area contributed by atoms with Crippen LogP contribution in [0, 0.1) is 0 Å². The SMILES string of the molecule is O=C1c2ccccc2-c2cccc3c2[N+]1=C1C=C2C(=CC1S3)C1(c3ccccc32)c2ccccc2-c2ccccc21. The normalized spacial score (nSPS) is 19.3. The van der Waals surface area contributed by atoms with Crippen LogP contribution in [0.4, 0.5) is 5.69 Å². The van der Waals surface area contributed by atoms with Gasteiger partial charge < -0.3 is 0 Å². The highest BCUT2D eigenvalue weighted by Gasteiger charge is 2.56. The quantitative estimate of drug-likeness (QED) is 0.184. The largest absolute Gasteiger partial charge is 0.426 e. The molecule has 1 spiro atoms. The van der Waals surface area contributed by atoms with E-state index in [0.717, 1.165) is 33.0 Å². The Balaban J connectivity index is 1.31. The summed E-state index contributed by atoms with van der Waals surface area (Å²) in [6, 6.07) is 41.2. The van der Waals surface area contributed by atoms with Crippen LogP contribution >= 0.6 is 11.8 Å². The Kier molecular flexibility index (Phi) is 4.03. The Morgan fingerprint density at radius 3 is 1.85 bits per heavy atom. The fourth-order valence-corrected chi connectivity index (χ4v) is 9.29. The lowest BCUT2D eigenvalue weighted by atomic mass is 9.69. The van der Waals surface area contributed by atoms with E-state index >= 15 is 0 Å². The molecule has 0 bridgehead atoms. The van der Waals surface area contributed by atoms with Gasteiger partial charge in [-0.05, 0) is 62.7 Å². The number of thioether (sulfide) groups is 1. The second kappa shape index (κ2) is 7.51. The average molecular weight is 541 g/mol. The fourth-order valence-electron chi connectivity index (χ4n) is 8.05. The van der Waals surface area contributed by atoms with Crippen molar-refractivity contribution in [3.05, 3.63) is 161 Å². The number of benzene rings is 5. The van der Waals surface area contributed by atoms with Crippen LogP contribution in [0.5, 0.6) is 0 Å². The first-order valence-electron chi connectivity index (χ1n) is 14.1. The second-order valence-corrected chi connectivity index (χ2v) is 12.5. The number of carbonyl (C=O) groups excluding carboxylic acids is 1. The molecule has 0 N–H and O–H groups in total. The molecule has 2 nitrogen and oxygen atoms in total. The third-order valence-corrected chi connectivity index (χ3v) is 10.8.